The Balaban J connectivity index is 1.59. The number of benzene rings is 2. The highest BCUT2D eigenvalue weighted by Crippen LogP contribution is 2.31. The Morgan fingerprint density at radius 2 is 1.86 bits per heavy atom. The van der Waals surface area contributed by atoms with Gasteiger partial charge in [-0.2, -0.15) is 18.3 Å². The summed E-state index contributed by atoms with van der Waals surface area (Å²) in [7, 11) is 0. The lowest BCUT2D eigenvalue weighted by Gasteiger charge is -2.17. The van der Waals surface area contributed by atoms with Crippen molar-refractivity contribution < 1.29 is 18.0 Å². The van der Waals surface area contributed by atoms with E-state index in [9.17, 15) is 18.0 Å². The predicted molar refractivity (Wildman–Crippen MR) is 98.8 cm³/mol. The second kappa shape index (κ2) is 7.10. The summed E-state index contributed by atoms with van der Waals surface area (Å²) in [5, 5.41) is 4.18. The van der Waals surface area contributed by atoms with Gasteiger partial charge in [0.2, 0.25) is 5.82 Å². The Morgan fingerprint density at radius 3 is 2.68 bits per heavy atom. The number of aryl methyl sites for hydroxylation is 1. The van der Waals surface area contributed by atoms with Crippen LogP contribution >= 0.6 is 0 Å². The highest BCUT2D eigenvalue weighted by atomic mass is 19.4. The number of nitrogens with zero attached hydrogens (tertiary/aromatic N) is 3. The third kappa shape index (κ3) is 3.49. The highest BCUT2D eigenvalue weighted by Gasteiger charge is 2.38. The molecule has 5 nitrogen and oxygen atoms in total. The van der Waals surface area contributed by atoms with Gasteiger partial charge in [-0.25, -0.2) is 10.4 Å². The maximum Gasteiger partial charge on any atom is 0.449 e. The fourth-order valence-corrected chi connectivity index (χ4v) is 3.48. The molecule has 0 saturated carbocycles. The van der Waals surface area contributed by atoms with Gasteiger partial charge in [0.05, 0.1) is 16.7 Å². The first-order valence-corrected chi connectivity index (χ1v) is 8.89. The summed E-state index contributed by atoms with van der Waals surface area (Å²) >= 11 is 0. The van der Waals surface area contributed by atoms with Gasteiger partial charge in [0, 0.05) is 5.56 Å². The number of amides is 1. The smallest absolute Gasteiger partial charge is 0.311 e. The van der Waals surface area contributed by atoms with Crippen molar-refractivity contribution in [2.24, 2.45) is 5.10 Å². The zero-order valence-corrected chi connectivity index (χ0v) is 14.8. The number of imidazole rings is 1. The Bertz CT molecular complexity index is 1070. The number of hydrogen-bond donors (Lipinski definition) is 1. The van der Waals surface area contributed by atoms with Crippen molar-refractivity contribution in [2.75, 3.05) is 0 Å². The van der Waals surface area contributed by atoms with E-state index in [4.69, 9.17) is 0 Å². The topological polar surface area (TPSA) is 59.3 Å². The van der Waals surface area contributed by atoms with E-state index in [1.54, 1.807) is 12.1 Å². The first-order valence-electron chi connectivity index (χ1n) is 8.89. The van der Waals surface area contributed by atoms with Crippen molar-refractivity contribution in [3.05, 3.63) is 65.5 Å². The number of fused-ring (bicyclic) bond motifs is 2. The van der Waals surface area contributed by atoms with E-state index < -0.39 is 24.5 Å². The Labute approximate surface area is 158 Å². The number of carbonyl (C=O) groups excluding carboxylic acids is 1. The molecular weight excluding hydrogens is 369 g/mol. The molecule has 0 atom stereocenters. The van der Waals surface area contributed by atoms with Gasteiger partial charge in [-0.05, 0) is 37.0 Å². The van der Waals surface area contributed by atoms with Gasteiger partial charge in [-0.15, -0.1) is 0 Å². The van der Waals surface area contributed by atoms with E-state index in [0.717, 1.165) is 34.2 Å². The molecule has 0 aliphatic heterocycles. The summed E-state index contributed by atoms with van der Waals surface area (Å²) in [4.78, 5) is 16.0. The summed E-state index contributed by atoms with van der Waals surface area (Å²) < 4.78 is 40.9. The molecule has 0 saturated heterocycles. The normalized spacial score (nSPS) is 15.6. The first kappa shape index (κ1) is 18.2. The lowest BCUT2D eigenvalue weighted by molar-refractivity contribution is -0.147. The van der Waals surface area contributed by atoms with Crippen molar-refractivity contribution >= 4 is 22.7 Å². The Morgan fingerprint density at radius 1 is 1.11 bits per heavy atom. The number of hydrogen-bond acceptors (Lipinski definition) is 3. The van der Waals surface area contributed by atoms with Crippen molar-refractivity contribution in [2.45, 2.75) is 32.0 Å². The van der Waals surface area contributed by atoms with Gasteiger partial charge in [0.15, 0.2) is 0 Å². The molecule has 0 bridgehead atoms. The zero-order chi connectivity index (χ0) is 19.7. The molecule has 0 radical (unpaired) electrons. The van der Waals surface area contributed by atoms with Gasteiger partial charge < -0.3 is 4.57 Å². The number of rotatable bonds is 3. The number of hydrazone groups is 1. The van der Waals surface area contributed by atoms with Crippen LogP contribution in [0, 0.1) is 0 Å². The second-order valence-electron chi connectivity index (χ2n) is 6.61. The number of nitrogens with one attached hydrogen (secondary N) is 1. The standard InChI is InChI=1S/C20H17F3N4O/c21-20(22,23)19-24-16-9-3-4-11-17(16)27(19)12-18(28)26-25-15-10-5-7-13-6-1-2-8-14(13)15/h1-4,6,8-9,11H,5,7,10,12H2,(H,26,28)/b25-15+. The third-order valence-corrected chi connectivity index (χ3v) is 4.71. The highest BCUT2D eigenvalue weighted by molar-refractivity contribution is 6.03. The van der Waals surface area contributed by atoms with Gasteiger partial charge in [0.25, 0.3) is 5.91 Å². The van der Waals surface area contributed by atoms with Crippen LogP contribution in [0.5, 0.6) is 0 Å². The number of para-hydroxylation sites is 2. The average molecular weight is 386 g/mol. The molecule has 1 aliphatic rings. The number of halogens is 3. The van der Waals surface area contributed by atoms with E-state index >= 15 is 0 Å². The minimum atomic E-state index is -4.66. The van der Waals surface area contributed by atoms with E-state index in [0.29, 0.717) is 6.42 Å². The molecule has 1 aliphatic carbocycles. The van der Waals surface area contributed by atoms with E-state index in [1.807, 2.05) is 24.3 Å². The van der Waals surface area contributed by atoms with E-state index in [1.165, 1.54) is 12.1 Å². The lowest BCUT2D eigenvalue weighted by atomic mass is 9.90. The molecule has 0 fully saturated rings. The largest absolute Gasteiger partial charge is 0.449 e. The fraction of sp³-hybridized carbons (Fsp3) is 0.250. The molecule has 1 aromatic heterocycles. The van der Waals surface area contributed by atoms with Gasteiger partial charge in [-0.1, -0.05) is 36.4 Å². The average Bonchev–Trinajstić information content (AvgIpc) is 3.05. The summed E-state index contributed by atoms with van der Waals surface area (Å²) in [6.45, 7) is -0.520. The summed E-state index contributed by atoms with van der Waals surface area (Å²) in [6.07, 6.45) is -2.10. The van der Waals surface area contributed by atoms with Crippen LogP contribution < -0.4 is 5.43 Å². The first-order chi connectivity index (χ1) is 13.4. The van der Waals surface area contributed by atoms with Crippen LogP contribution in [0.25, 0.3) is 11.0 Å². The fourth-order valence-electron chi connectivity index (χ4n) is 3.48. The molecule has 4 rings (SSSR count). The van der Waals surface area contributed by atoms with Crippen LogP contribution in [0.3, 0.4) is 0 Å². The van der Waals surface area contributed by atoms with Crippen LogP contribution in [0.4, 0.5) is 13.2 Å². The Hall–Kier alpha value is -3.16. The van der Waals surface area contributed by atoms with Crippen molar-refractivity contribution in [1.82, 2.24) is 15.0 Å². The molecule has 1 heterocycles. The Kier molecular flexibility index (Phi) is 4.62. The van der Waals surface area contributed by atoms with E-state index in [2.05, 4.69) is 15.5 Å². The molecule has 1 amide bonds. The molecule has 28 heavy (non-hydrogen) atoms. The summed E-state index contributed by atoms with van der Waals surface area (Å²) in [6, 6.07) is 14.0. The molecule has 8 heteroatoms. The minimum absolute atomic E-state index is 0.190. The van der Waals surface area contributed by atoms with E-state index in [-0.39, 0.29) is 11.0 Å². The molecule has 2 aromatic carbocycles. The van der Waals surface area contributed by atoms with Gasteiger partial charge in [-0.3, -0.25) is 4.79 Å². The summed E-state index contributed by atoms with van der Waals surface area (Å²) in [5.41, 5.74) is 5.71. The number of carbonyl (C=O) groups is 1. The SMILES string of the molecule is O=C(Cn1c(C(F)(F)F)nc2ccccc21)N/N=C1\CCCc2ccccc21. The molecular formula is C20H17F3N4O. The maximum absolute atomic E-state index is 13.3. The van der Waals surface area contributed by atoms with Gasteiger partial charge in [0.1, 0.15) is 6.54 Å². The molecule has 0 spiro atoms. The van der Waals surface area contributed by atoms with Crippen LogP contribution in [0.1, 0.15) is 29.8 Å². The van der Waals surface area contributed by atoms with Crippen molar-refractivity contribution in [1.29, 1.82) is 0 Å². The lowest BCUT2D eigenvalue weighted by Crippen LogP contribution is -2.27. The molecule has 3 aromatic rings. The number of alkyl halides is 3. The number of aromatic nitrogens is 2. The van der Waals surface area contributed by atoms with Crippen LogP contribution in [-0.2, 0) is 23.9 Å². The quantitative estimate of drug-likeness (QED) is 0.694. The van der Waals surface area contributed by atoms with Crippen LogP contribution in [0.2, 0.25) is 0 Å². The molecule has 1 N–H and O–H groups in total. The monoisotopic (exact) mass is 386 g/mol. The van der Waals surface area contributed by atoms with Crippen LogP contribution in [-0.4, -0.2) is 21.2 Å². The van der Waals surface area contributed by atoms with Crippen molar-refractivity contribution in [3.63, 3.8) is 0 Å². The second-order valence-corrected chi connectivity index (χ2v) is 6.61. The molecule has 0 unspecified atom stereocenters. The summed E-state index contributed by atoms with van der Waals surface area (Å²) in [5.74, 6) is -1.73. The third-order valence-electron chi connectivity index (χ3n) is 4.71. The molecule has 144 valence electrons. The van der Waals surface area contributed by atoms with Crippen LogP contribution in [0.15, 0.2) is 53.6 Å². The zero-order valence-electron chi connectivity index (χ0n) is 14.8. The maximum atomic E-state index is 13.3. The minimum Gasteiger partial charge on any atom is -0.311 e. The van der Waals surface area contributed by atoms with Gasteiger partial charge >= 0.3 is 6.18 Å². The predicted octanol–water partition coefficient (Wildman–Crippen LogP) is 3.91. The van der Waals surface area contributed by atoms with Crippen molar-refractivity contribution in [3.8, 4) is 0 Å².